The zero-order valence-corrected chi connectivity index (χ0v) is 18.3. The van der Waals surface area contributed by atoms with E-state index in [-0.39, 0.29) is 18.5 Å². The largest absolute Gasteiger partial charge is 0.489 e. The number of hydrogen-bond donors (Lipinski definition) is 0. The average molecular weight is 466 g/mol. The van der Waals surface area contributed by atoms with Gasteiger partial charge in [0.25, 0.3) is 5.91 Å². The average Bonchev–Trinajstić information content (AvgIpc) is 3.37. The van der Waals surface area contributed by atoms with Gasteiger partial charge in [-0.2, -0.15) is 0 Å². The molecule has 0 N–H and O–H groups in total. The summed E-state index contributed by atoms with van der Waals surface area (Å²) in [6, 6.07) is 18.9. The molecule has 2 aliphatic rings. The molecule has 0 aliphatic carbocycles. The molecule has 0 aromatic heterocycles. The second kappa shape index (κ2) is 8.64. The smallest absolute Gasteiger partial charge is 0.270 e. The Bertz CT molecular complexity index is 1230. The maximum Gasteiger partial charge on any atom is 0.270 e. The Labute approximate surface area is 193 Å². The molecular formula is C24H16FNO4S2. The first-order valence-electron chi connectivity index (χ1n) is 9.72. The van der Waals surface area contributed by atoms with Gasteiger partial charge >= 0.3 is 0 Å². The van der Waals surface area contributed by atoms with Crippen LogP contribution < -0.4 is 19.1 Å². The van der Waals surface area contributed by atoms with Gasteiger partial charge in [-0.05, 0) is 53.6 Å². The fourth-order valence-corrected chi connectivity index (χ4v) is 4.57. The molecule has 5 rings (SSSR count). The normalized spacial score (nSPS) is 16.2. The lowest BCUT2D eigenvalue weighted by Crippen LogP contribution is -2.27. The van der Waals surface area contributed by atoms with Crippen molar-refractivity contribution in [2.75, 3.05) is 11.7 Å². The van der Waals surface area contributed by atoms with Crippen molar-refractivity contribution in [2.45, 2.75) is 6.61 Å². The molecule has 1 fully saturated rings. The molecule has 5 nitrogen and oxygen atoms in total. The van der Waals surface area contributed by atoms with Crippen LogP contribution in [0.2, 0.25) is 0 Å². The summed E-state index contributed by atoms with van der Waals surface area (Å²) in [7, 11) is 0. The summed E-state index contributed by atoms with van der Waals surface area (Å²) in [6.07, 6.45) is 1.80. The Balaban J connectivity index is 1.28. The van der Waals surface area contributed by atoms with Gasteiger partial charge in [0.15, 0.2) is 15.8 Å². The number of benzene rings is 3. The molecule has 2 heterocycles. The highest BCUT2D eigenvalue weighted by Gasteiger charge is 2.34. The first-order chi connectivity index (χ1) is 15.6. The standard InChI is InChI=1S/C24H16FNO4S2/c25-17-5-1-16(2-6-17)13-28-19-8-3-15(4-9-19)11-22-23(27)26(24(31)32-22)18-7-10-20-21(12-18)30-14-29-20/h1-12H,13-14H2/b22-11-. The Morgan fingerprint density at radius 2 is 1.78 bits per heavy atom. The van der Waals surface area contributed by atoms with Crippen LogP contribution in [-0.2, 0) is 11.4 Å². The topological polar surface area (TPSA) is 48.0 Å². The molecule has 0 spiro atoms. The Morgan fingerprint density at radius 3 is 2.56 bits per heavy atom. The number of thioether (sulfide) groups is 1. The maximum absolute atomic E-state index is 13.0. The fraction of sp³-hybridized carbons (Fsp3) is 0.0833. The van der Waals surface area contributed by atoms with Gasteiger partial charge in [-0.1, -0.05) is 48.2 Å². The number of carbonyl (C=O) groups is 1. The molecule has 0 saturated carbocycles. The van der Waals surface area contributed by atoms with E-state index in [2.05, 4.69) is 0 Å². The van der Waals surface area contributed by atoms with Crippen molar-refractivity contribution in [3.05, 3.63) is 88.6 Å². The number of hydrogen-bond acceptors (Lipinski definition) is 6. The van der Waals surface area contributed by atoms with E-state index in [1.807, 2.05) is 24.3 Å². The van der Waals surface area contributed by atoms with Gasteiger partial charge in [0, 0.05) is 6.07 Å². The van der Waals surface area contributed by atoms with Crippen molar-refractivity contribution in [3.63, 3.8) is 0 Å². The van der Waals surface area contributed by atoms with Crippen LogP contribution in [0.4, 0.5) is 10.1 Å². The number of thiocarbonyl (C=S) groups is 1. The van der Waals surface area contributed by atoms with Crippen molar-refractivity contribution in [3.8, 4) is 17.2 Å². The predicted octanol–water partition coefficient (Wildman–Crippen LogP) is 5.54. The highest BCUT2D eigenvalue weighted by atomic mass is 32.2. The second-order valence-corrected chi connectivity index (χ2v) is 8.71. The number of nitrogens with zero attached hydrogens (tertiary/aromatic N) is 1. The second-order valence-electron chi connectivity index (χ2n) is 7.04. The van der Waals surface area contributed by atoms with Gasteiger partial charge in [0.05, 0.1) is 10.6 Å². The van der Waals surface area contributed by atoms with Crippen molar-refractivity contribution < 1.29 is 23.4 Å². The van der Waals surface area contributed by atoms with E-state index < -0.39 is 0 Å². The molecule has 3 aromatic rings. The number of halogens is 1. The van der Waals surface area contributed by atoms with Crippen LogP contribution in [0.1, 0.15) is 11.1 Å². The van der Waals surface area contributed by atoms with Crippen LogP contribution in [-0.4, -0.2) is 17.0 Å². The summed E-state index contributed by atoms with van der Waals surface area (Å²) >= 11 is 6.69. The first kappa shape index (κ1) is 20.5. The number of carbonyl (C=O) groups excluding carboxylic acids is 1. The highest BCUT2D eigenvalue weighted by Crippen LogP contribution is 2.40. The molecule has 0 radical (unpaired) electrons. The minimum Gasteiger partial charge on any atom is -0.489 e. The quantitative estimate of drug-likeness (QED) is 0.364. The minimum absolute atomic E-state index is 0.167. The summed E-state index contributed by atoms with van der Waals surface area (Å²) in [6.45, 7) is 0.508. The van der Waals surface area contributed by atoms with Crippen LogP contribution in [0.15, 0.2) is 71.6 Å². The van der Waals surface area contributed by atoms with E-state index >= 15 is 0 Å². The molecule has 1 amide bonds. The number of anilines is 1. The molecular weight excluding hydrogens is 449 g/mol. The van der Waals surface area contributed by atoms with E-state index in [1.54, 1.807) is 36.4 Å². The Morgan fingerprint density at radius 1 is 1.03 bits per heavy atom. The predicted molar refractivity (Wildman–Crippen MR) is 125 cm³/mol. The van der Waals surface area contributed by atoms with Gasteiger partial charge in [-0.25, -0.2) is 4.39 Å². The fourth-order valence-electron chi connectivity index (χ4n) is 3.27. The van der Waals surface area contributed by atoms with Crippen molar-refractivity contribution in [2.24, 2.45) is 0 Å². The number of amides is 1. The molecule has 2 aliphatic heterocycles. The van der Waals surface area contributed by atoms with Gasteiger partial charge in [0.1, 0.15) is 18.2 Å². The van der Waals surface area contributed by atoms with Crippen molar-refractivity contribution in [1.82, 2.24) is 0 Å². The van der Waals surface area contributed by atoms with Crippen LogP contribution in [0, 0.1) is 5.82 Å². The van der Waals surface area contributed by atoms with E-state index in [0.717, 1.165) is 11.1 Å². The third-order valence-electron chi connectivity index (χ3n) is 4.90. The molecule has 8 heteroatoms. The van der Waals surface area contributed by atoms with Crippen LogP contribution >= 0.6 is 24.0 Å². The van der Waals surface area contributed by atoms with E-state index in [0.29, 0.717) is 38.8 Å². The van der Waals surface area contributed by atoms with Crippen molar-refractivity contribution >= 4 is 46.0 Å². The molecule has 0 bridgehead atoms. The summed E-state index contributed by atoms with van der Waals surface area (Å²) in [5.74, 6) is 1.46. The third kappa shape index (κ3) is 4.19. The highest BCUT2D eigenvalue weighted by molar-refractivity contribution is 8.27. The molecule has 32 heavy (non-hydrogen) atoms. The molecule has 0 atom stereocenters. The lowest BCUT2D eigenvalue weighted by atomic mass is 10.2. The molecule has 0 unspecified atom stereocenters. The lowest BCUT2D eigenvalue weighted by Gasteiger charge is -2.14. The summed E-state index contributed by atoms with van der Waals surface area (Å²) in [5, 5.41) is 0. The number of rotatable bonds is 5. The minimum atomic E-state index is -0.276. The van der Waals surface area contributed by atoms with Gasteiger partial charge in [-0.3, -0.25) is 9.69 Å². The third-order valence-corrected chi connectivity index (χ3v) is 6.21. The summed E-state index contributed by atoms with van der Waals surface area (Å²) < 4.78 is 29.9. The maximum atomic E-state index is 13.0. The van der Waals surface area contributed by atoms with Gasteiger partial charge in [0.2, 0.25) is 6.79 Å². The Hall–Kier alpha value is -3.36. The zero-order valence-electron chi connectivity index (χ0n) is 16.6. The van der Waals surface area contributed by atoms with E-state index in [1.165, 1.54) is 28.8 Å². The van der Waals surface area contributed by atoms with Crippen LogP contribution in [0.3, 0.4) is 0 Å². The molecule has 1 saturated heterocycles. The van der Waals surface area contributed by atoms with Gasteiger partial charge in [-0.15, -0.1) is 0 Å². The van der Waals surface area contributed by atoms with E-state index in [9.17, 15) is 9.18 Å². The summed E-state index contributed by atoms with van der Waals surface area (Å²) in [5.41, 5.74) is 2.37. The number of ether oxygens (including phenoxy) is 3. The monoisotopic (exact) mass is 465 g/mol. The SMILES string of the molecule is O=C1/C(=C/c2ccc(OCc3ccc(F)cc3)cc2)SC(=S)N1c1ccc2c(c1)OCO2. The first-order valence-corrected chi connectivity index (χ1v) is 10.9. The van der Waals surface area contributed by atoms with Crippen LogP contribution in [0.5, 0.6) is 17.2 Å². The zero-order chi connectivity index (χ0) is 22.1. The number of fused-ring (bicyclic) bond motifs is 1. The summed E-state index contributed by atoms with van der Waals surface area (Å²) in [4.78, 5) is 15.0. The van der Waals surface area contributed by atoms with Crippen LogP contribution in [0.25, 0.3) is 6.08 Å². The van der Waals surface area contributed by atoms with Crippen molar-refractivity contribution in [1.29, 1.82) is 0 Å². The molecule has 160 valence electrons. The molecule has 3 aromatic carbocycles. The Kier molecular flexibility index (Phi) is 5.55. The van der Waals surface area contributed by atoms with E-state index in [4.69, 9.17) is 26.4 Å². The van der Waals surface area contributed by atoms with Gasteiger partial charge < -0.3 is 14.2 Å². The lowest BCUT2D eigenvalue weighted by molar-refractivity contribution is -0.113.